The van der Waals surface area contributed by atoms with E-state index in [1.165, 1.54) is 15.3 Å². The second-order valence-electron chi connectivity index (χ2n) is 5.69. The quantitative estimate of drug-likeness (QED) is 0.851. The van der Waals surface area contributed by atoms with Gasteiger partial charge >= 0.3 is 5.97 Å². The summed E-state index contributed by atoms with van der Waals surface area (Å²) in [5, 5.41) is 9.17. The average Bonchev–Trinajstić information content (AvgIpc) is 2.96. The molecule has 2 heterocycles. The van der Waals surface area contributed by atoms with Crippen LogP contribution in [0.1, 0.15) is 17.7 Å². The van der Waals surface area contributed by atoms with Gasteiger partial charge in [0.05, 0.1) is 5.92 Å². The third-order valence-corrected chi connectivity index (χ3v) is 5.62. The Kier molecular flexibility index (Phi) is 4.96. The molecule has 1 aliphatic heterocycles. The molecule has 5 heteroatoms. The summed E-state index contributed by atoms with van der Waals surface area (Å²) in [6, 6.07) is 12.6. The maximum Gasteiger partial charge on any atom is 0.307 e. The summed E-state index contributed by atoms with van der Waals surface area (Å²) in [4.78, 5) is 16.0. The molecule has 1 N–H and O–H groups in total. The van der Waals surface area contributed by atoms with Crippen LogP contribution >= 0.6 is 27.3 Å². The number of benzene rings is 1. The molecule has 0 aliphatic carbocycles. The van der Waals surface area contributed by atoms with Crippen LogP contribution in [0.2, 0.25) is 0 Å². The first-order valence-electron chi connectivity index (χ1n) is 7.41. The van der Waals surface area contributed by atoms with Crippen LogP contribution in [0.4, 0.5) is 0 Å². The predicted octanol–water partition coefficient (Wildman–Crippen LogP) is 4.47. The minimum atomic E-state index is -0.661. The van der Waals surface area contributed by atoms with Gasteiger partial charge in [0, 0.05) is 27.3 Å². The number of carboxylic acid groups (broad SMARTS) is 1. The van der Waals surface area contributed by atoms with E-state index in [-0.39, 0.29) is 5.92 Å². The van der Waals surface area contributed by atoms with Gasteiger partial charge < -0.3 is 5.11 Å². The van der Waals surface area contributed by atoms with Gasteiger partial charge in [-0.15, -0.1) is 11.3 Å². The Hall–Kier alpha value is -1.17. The van der Waals surface area contributed by atoms with Gasteiger partial charge in [0.25, 0.3) is 0 Å². The molecule has 1 fully saturated rings. The second-order valence-corrected chi connectivity index (χ2v) is 7.77. The average molecular weight is 380 g/mol. The number of carbonyl (C=O) groups is 1. The van der Waals surface area contributed by atoms with E-state index < -0.39 is 5.97 Å². The smallest absolute Gasteiger partial charge is 0.307 e. The second kappa shape index (κ2) is 6.94. The Morgan fingerprint density at radius 1 is 1.36 bits per heavy atom. The van der Waals surface area contributed by atoms with E-state index in [1.807, 2.05) is 12.1 Å². The highest BCUT2D eigenvalue weighted by atomic mass is 79.9. The highest BCUT2D eigenvalue weighted by Crippen LogP contribution is 2.31. The summed E-state index contributed by atoms with van der Waals surface area (Å²) >= 11 is 5.29. The van der Waals surface area contributed by atoms with Crippen LogP contribution in [0.15, 0.2) is 40.9 Å². The van der Waals surface area contributed by atoms with Crippen LogP contribution in [0.5, 0.6) is 0 Å². The van der Waals surface area contributed by atoms with E-state index in [1.54, 1.807) is 11.3 Å². The number of likely N-dealkylation sites (tertiary alicyclic amines) is 1. The van der Waals surface area contributed by atoms with Gasteiger partial charge in [0.15, 0.2) is 0 Å². The van der Waals surface area contributed by atoms with E-state index >= 15 is 0 Å². The molecule has 22 heavy (non-hydrogen) atoms. The molecule has 1 atom stereocenters. The van der Waals surface area contributed by atoms with E-state index in [2.05, 4.69) is 45.1 Å². The van der Waals surface area contributed by atoms with Crippen molar-refractivity contribution in [2.45, 2.75) is 19.4 Å². The molecular formula is C17H18BrNO2S. The lowest BCUT2D eigenvalue weighted by Gasteiger charge is -2.30. The highest BCUT2D eigenvalue weighted by Gasteiger charge is 2.25. The van der Waals surface area contributed by atoms with Gasteiger partial charge in [-0.25, -0.2) is 0 Å². The number of hydrogen-bond donors (Lipinski definition) is 1. The van der Waals surface area contributed by atoms with Gasteiger partial charge in [-0.2, -0.15) is 0 Å². The zero-order chi connectivity index (χ0) is 15.5. The summed E-state index contributed by atoms with van der Waals surface area (Å²) in [5.41, 5.74) is 1.22. The van der Waals surface area contributed by atoms with E-state index in [4.69, 9.17) is 0 Å². The summed E-state index contributed by atoms with van der Waals surface area (Å²) in [6.07, 6.45) is 1.78. The number of thiophene rings is 1. The number of aliphatic carboxylic acids is 1. The third kappa shape index (κ3) is 3.77. The number of nitrogens with zero attached hydrogens (tertiary/aromatic N) is 1. The molecule has 1 unspecified atom stereocenters. The maximum atomic E-state index is 11.1. The molecule has 1 aliphatic rings. The zero-order valence-electron chi connectivity index (χ0n) is 12.2. The number of rotatable bonds is 4. The Morgan fingerprint density at radius 3 is 3.00 bits per heavy atom. The van der Waals surface area contributed by atoms with Crippen molar-refractivity contribution in [3.8, 4) is 10.4 Å². The largest absolute Gasteiger partial charge is 0.481 e. The Balaban J connectivity index is 1.68. The molecule has 3 rings (SSSR count). The SMILES string of the molecule is O=C(O)C1CCCN(Cc2ccc(-c3cccc(Br)c3)s2)C1. The van der Waals surface area contributed by atoms with Crippen LogP contribution in [-0.2, 0) is 11.3 Å². The molecule has 116 valence electrons. The van der Waals surface area contributed by atoms with Gasteiger partial charge in [-0.1, -0.05) is 28.1 Å². The summed E-state index contributed by atoms with van der Waals surface area (Å²) in [5.74, 6) is -0.871. The van der Waals surface area contributed by atoms with Crippen molar-refractivity contribution >= 4 is 33.2 Å². The monoisotopic (exact) mass is 379 g/mol. The van der Waals surface area contributed by atoms with Crippen molar-refractivity contribution in [2.75, 3.05) is 13.1 Å². The van der Waals surface area contributed by atoms with Crippen molar-refractivity contribution in [2.24, 2.45) is 5.92 Å². The molecular weight excluding hydrogens is 362 g/mol. The number of piperidine rings is 1. The molecule has 3 nitrogen and oxygen atoms in total. The Labute approximate surface area is 142 Å². The first kappa shape index (κ1) is 15.7. The fraction of sp³-hybridized carbons (Fsp3) is 0.353. The first-order valence-corrected chi connectivity index (χ1v) is 9.02. The molecule has 0 amide bonds. The van der Waals surface area contributed by atoms with Gasteiger partial charge in [0.1, 0.15) is 0 Å². The standard InChI is InChI=1S/C17H18BrNO2S/c18-14-5-1-3-12(9-14)16-7-6-15(22-16)11-19-8-2-4-13(10-19)17(20)21/h1,3,5-7,9,13H,2,4,8,10-11H2,(H,20,21). The van der Waals surface area contributed by atoms with Crippen molar-refractivity contribution in [3.63, 3.8) is 0 Å². The van der Waals surface area contributed by atoms with Crippen LogP contribution < -0.4 is 0 Å². The van der Waals surface area contributed by atoms with Crippen molar-refractivity contribution in [1.82, 2.24) is 4.90 Å². The molecule has 0 bridgehead atoms. The lowest BCUT2D eigenvalue weighted by atomic mass is 9.98. The van der Waals surface area contributed by atoms with Crippen molar-refractivity contribution in [1.29, 1.82) is 0 Å². The van der Waals surface area contributed by atoms with Crippen LogP contribution in [0.25, 0.3) is 10.4 Å². The fourth-order valence-corrected chi connectivity index (χ4v) is 4.33. The van der Waals surface area contributed by atoms with Crippen LogP contribution in [0, 0.1) is 5.92 Å². The summed E-state index contributed by atoms with van der Waals surface area (Å²) < 4.78 is 1.08. The lowest BCUT2D eigenvalue weighted by Crippen LogP contribution is -2.37. The molecule has 1 saturated heterocycles. The number of carboxylic acids is 1. The number of halogens is 1. The maximum absolute atomic E-state index is 11.1. The van der Waals surface area contributed by atoms with Crippen molar-refractivity contribution < 1.29 is 9.90 Å². The first-order chi connectivity index (χ1) is 10.6. The highest BCUT2D eigenvalue weighted by molar-refractivity contribution is 9.10. The molecule has 0 radical (unpaired) electrons. The van der Waals surface area contributed by atoms with Crippen LogP contribution in [-0.4, -0.2) is 29.1 Å². The minimum absolute atomic E-state index is 0.210. The normalized spacial score (nSPS) is 19.2. The molecule has 0 saturated carbocycles. The third-order valence-electron chi connectivity index (χ3n) is 4.00. The summed E-state index contributed by atoms with van der Waals surface area (Å²) in [7, 11) is 0. The molecule has 0 spiro atoms. The Morgan fingerprint density at radius 2 is 2.23 bits per heavy atom. The molecule has 1 aromatic carbocycles. The fourth-order valence-electron chi connectivity index (χ4n) is 2.88. The van der Waals surface area contributed by atoms with E-state index in [9.17, 15) is 9.90 Å². The minimum Gasteiger partial charge on any atom is -0.481 e. The Bertz CT molecular complexity index is 670. The number of hydrogen-bond acceptors (Lipinski definition) is 3. The van der Waals surface area contributed by atoms with E-state index in [0.29, 0.717) is 6.54 Å². The summed E-state index contributed by atoms with van der Waals surface area (Å²) in [6.45, 7) is 2.51. The topological polar surface area (TPSA) is 40.5 Å². The zero-order valence-corrected chi connectivity index (χ0v) is 14.6. The van der Waals surface area contributed by atoms with Crippen LogP contribution in [0.3, 0.4) is 0 Å². The van der Waals surface area contributed by atoms with E-state index in [0.717, 1.165) is 30.4 Å². The molecule has 1 aromatic heterocycles. The van der Waals surface area contributed by atoms with Gasteiger partial charge in [0.2, 0.25) is 0 Å². The molecule has 2 aromatic rings. The van der Waals surface area contributed by atoms with Gasteiger partial charge in [-0.3, -0.25) is 9.69 Å². The van der Waals surface area contributed by atoms with Crippen molar-refractivity contribution in [3.05, 3.63) is 45.7 Å². The lowest BCUT2D eigenvalue weighted by molar-refractivity contribution is -0.143. The van der Waals surface area contributed by atoms with Gasteiger partial charge in [-0.05, 0) is 49.2 Å². The predicted molar refractivity (Wildman–Crippen MR) is 93.1 cm³/mol.